The van der Waals surface area contributed by atoms with E-state index < -0.39 is 0 Å². The molecule has 1 aromatic rings. The third-order valence-corrected chi connectivity index (χ3v) is 3.47. The van der Waals surface area contributed by atoms with E-state index in [0.29, 0.717) is 0 Å². The summed E-state index contributed by atoms with van der Waals surface area (Å²) in [5.74, 6) is 0.723. The van der Waals surface area contributed by atoms with Crippen molar-refractivity contribution in [3.05, 3.63) is 21.3 Å². The summed E-state index contributed by atoms with van der Waals surface area (Å²) < 4.78 is 5.50. The lowest BCUT2D eigenvalue weighted by Gasteiger charge is -2.06. The molecule has 16 heavy (non-hydrogen) atoms. The summed E-state index contributed by atoms with van der Waals surface area (Å²) in [6.45, 7) is 7.85. The summed E-state index contributed by atoms with van der Waals surface area (Å²) >= 11 is 7.52. The maximum absolute atomic E-state index is 5.83. The van der Waals surface area contributed by atoms with Crippen molar-refractivity contribution in [1.29, 1.82) is 0 Å². The highest BCUT2D eigenvalue weighted by atomic mass is 35.5. The van der Waals surface area contributed by atoms with E-state index in [0.717, 1.165) is 43.7 Å². The van der Waals surface area contributed by atoms with E-state index >= 15 is 0 Å². The van der Waals surface area contributed by atoms with Crippen LogP contribution in [0.5, 0.6) is 0 Å². The molecule has 0 atom stereocenters. The molecule has 0 bridgehead atoms. The van der Waals surface area contributed by atoms with Crippen molar-refractivity contribution in [3.63, 3.8) is 0 Å². The minimum atomic E-state index is 0.723. The zero-order chi connectivity index (χ0) is 11.8. The standard InChI is InChI=1S/C12H20ClNOS/c1-10(2)3-5-15-6-4-14-8-12-7-11(13)9-16-12/h7,9-10,14H,3-6,8H2,1-2H3. The number of rotatable bonds is 8. The first-order valence-corrected chi connectivity index (χ1v) is 6.95. The molecule has 0 unspecified atom stereocenters. The average molecular weight is 262 g/mol. The summed E-state index contributed by atoms with van der Waals surface area (Å²) in [7, 11) is 0. The first-order valence-electron chi connectivity index (χ1n) is 5.70. The molecule has 0 spiro atoms. The molecule has 1 aromatic heterocycles. The molecule has 0 amide bonds. The molecule has 0 aliphatic heterocycles. The highest BCUT2D eigenvalue weighted by molar-refractivity contribution is 7.10. The topological polar surface area (TPSA) is 21.3 Å². The molecule has 0 aromatic carbocycles. The summed E-state index contributed by atoms with van der Waals surface area (Å²) in [4.78, 5) is 1.27. The van der Waals surface area contributed by atoms with E-state index in [4.69, 9.17) is 16.3 Å². The molecule has 0 aliphatic rings. The first kappa shape index (κ1) is 14.0. The SMILES string of the molecule is CC(C)CCOCCNCc1cc(Cl)cs1. The van der Waals surface area contributed by atoms with Crippen LogP contribution in [0, 0.1) is 5.92 Å². The van der Waals surface area contributed by atoms with E-state index in [1.54, 1.807) is 11.3 Å². The van der Waals surface area contributed by atoms with Crippen LogP contribution in [0.25, 0.3) is 0 Å². The Morgan fingerprint density at radius 1 is 1.44 bits per heavy atom. The van der Waals surface area contributed by atoms with Crippen molar-refractivity contribution < 1.29 is 4.74 Å². The Hall–Kier alpha value is -0.0900. The predicted molar refractivity (Wildman–Crippen MR) is 71.3 cm³/mol. The highest BCUT2D eigenvalue weighted by Gasteiger charge is 1.97. The molecule has 0 fully saturated rings. The molecule has 2 nitrogen and oxygen atoms in total. The molecule has 0 aliphatic carbocycles. The van der Waals surface area contributed by atoms with Crippen LogP contribution in [0.2, 0.25) is 5.02 Å². The lowest BCUT2D eigenvalue weighted by Crippen LogP contribution is -2.19. The molecular formula is C12H20ClNOS. The Morgan fingerprint density at radius 2 is 2.25 bits per heavy atom. The molecule has 0 saturated carbocycles. The van der Waals surface area contributed by atoms with Crippen molar-refractivity contribution in [2.45, 2.75) is 26.8 Å². The third kappa shape index (κ3) is 6.48. The van der Waals surface area contributed by atoms with Crippen LogP contribution in [0.1, 0.15) is 25.1 Å². The van der Waals surface area contributed by atoms with Gasteiger partial charge in [-0.3, -0.25) is 0 Å². The fraction of sp³-hybridized carbons (Fsp3) is 0.667. The monoisotopic (exact) mass is 261 g/mol. The van der Waals surface area contributed by atoms with Crippen LogP contribution >= 0.6 is 22.9 Å². The zero-order valence-corrected chi connectivity index (χ0v) is 11.5. The minimum Gasteiger partial charge on any atom is -0.380 e. The predicted octanol–water partition coefficient (Wildman–Crippen LogP) is 3.55. The van der Waals surface area contributed by atoms with E-state index in [9.17, 15) is 0 Å². The van der Waals surface area contributed by atoms with Crippen molar-refractivity contribution in [2.24, 2.45) is 5.92 Å². The Bertz CT molecular complexity index is 288. The van der Waals surface area contributed by atoms with Gasteiger partial charge in [0.2, 0.25) is 0 Å². The largest absolute Gasteiger partial charge is 0.380 e. The van der Waals surface area contributed by atoms with Crippen LogP contribution in [0.15, 0.2) is 11.4 Å². The van der Waals surface area contributed by atoms with Crippen molar-refractivity contribution in [2.75, 3.05) is 19.8 Å². The first-order chi connectivity index (χ1) is 7.68. The molecule has 1 heterocycles. The van der Waals surface area contributed by atoms with Gasteiger partial charge in [0, 0.05) is 30.0 Å². The van der Waals surface area contributed by atoms with Gasteiger partial charge < -0.3 is 10.1 Å². The van der Waals surface area contributed by atoms with E-state index in [1.165, 1.54) is 4.88 Å². The number of hydrogen-bond donors (Lipinski definition) is 1. The van der Waals surface area contributed by atoms with Gasteiger partial charge in [-0.25, -0.2) is 0 Å². The van der Waals surface area contributed by atoms with Crippen molar-refractivity contribution >= 4 is 22.9 Å². The van der Waals surface area contributed by atoms with Crippen LogP contribution in [-0.4, -0.2) is 19.8 Å². The highest BCUT2D eigenvalue weighted by Crippen LogP contribution is 2.18. The van der Waals surface area contributed by atoms with Crippen LogP contribution < -0.4 is 5.32 Å². The van der Waals surface area contributed by atoms with Crippen molar-refractivity contribution in [1.82, 2.24) is 5.32 Å². The number of ether oxygens (including phenoxy) is 1. The molecular weight excluding hydrogens is 242 g/mol. The molecule has 92 valence electrons. The third-order valence-electron chi connectivity index (χ3n) is 2.18. The lowest BCUT2D eigenvalue weighted by molar-refractivity contribution is 0.125. The van der Waals surface area contributed by atoms with Crippen LogP contribution in [-0.2, 0) is 11.3 Å². The number of thiophene rings is 1. The fourth-order valence-corrected chi connectivity index (χ4v) is 2.27. The van der Waals surface area contributed by atoms with E-state index in [-0.39, 0.29) is 0 Å². The maximum Gasteiger partial charge on any atom is 0.0591 e. The summed E-state index contributed by atoms with van der Waals surface area (Å²) in [6, 6.07) is 2.00. The van der Waals surface area contributed by atoms with Gasteiger partial charge in [-0.2, -0.15) is 0 Å². The van der Waals surface area contributed by atoms with E-state index in [2.05, 4.69) is 19.2 Å². The molecule has 0 saturated heterocycles. The normalized spacial score (nSPS) is 11.2. The van der Waals surface area contributed by atoms with Gasteiger partial charge in [0.1, 0.15) is 0 Å². The molecule has 1 rings (SSSR count). The van der Waals surface area contributed by atoms with Gasteiger partial charge in [0.15, 0.2) is 0 Å². The second kappa shape index (κ2) is 8.07. The number of hydrogen-bond acceptors (Lipinski definition) is 3. The number of nitrogens with one attached hydrogen (secondary N) is 1. The van der Waals surface area contributed by atoms with E-state index in [1.807, 2.05) is 11.4 Å². The maximum atomic E-state index is 5.83. The second-order valence-corrected chi connectivity index (χ2v) is 5.64. The quantitative estimate of drug-likeness (QED) is 0.723. The Labute approximate surface area is 107 Å². The van der Waals surface area contributed by atoms with Crippen LogP contribution in [0.3, 0.4) is 0 Å². The fourth-order valence-electron chi connectivity index (χ4n) is 1.22. The summed E-state index contributed by atoms with van der Waals surface area (Å²) in [5, 5.41) is 6.11. The Balaban J connectivity index is 1.92. The van der Waals surface area contributed by atoms with Gasteiger partial charge in [-0.15, -0.1) is 11.3 Å². The van der Waals surface area contributed by atoms with Gasteiger partial charge >= 0.3 is 0 Å². The zero-order valence-electron chi connectivity index (χ0n) is 9.96. The van der Waals surface area contributed by atoms with Gasteiger partial charge in [0.25, 0.3) is 0 Å². The Morgan fingerprint density at radius 3 is 2.88 bits per heavy atom. The van der Waals surface area contributed by atoms with Crippen LogP contribution in [0.4, 0.5) is 0 Å². The smallest absolute Gasteiger partial charge is 0.0591 e. The summed E-state index contributed by atoms with van der Waals surface area (Å²) in [6.07, 6.45) is 1.14. The van der Waals surface area contributed by atoms with Gasteiger partial charge in [0.05, 0.1) is 11.6 Å². The average Bonchev–Trinajstić information content (AvgIpc) is 2.62. The second-order valence-electron chi connectivity index (χ2n) is 4.20. The summed E-state index contributed by atoms with van der Waals surface area (Å²) in [5.41, 5.74) is 0. The molecule has 4 heteroatoms. The van der Waals surface area contributed by atoms with Gasteiger partial charge in [-0.1, -0.05) is 25.4 Å². The lowest BCUT2D eigenvalue weighted by atomic mass is 10.1. The molecule has 0 radical (unpaired) electrons. The number of halogens is 1. The van der Waals surface area contributed by atoms with Crippen molar-refractivity contribution in [3.8, 4) is 0 Å². The molecule has 1 N–H and O–H groups in total. The minimum absolute atomic E-state index is 0.723. The Kier molecular flexibility index (Phi) is 7.05. The van der Waals surface area contributed by atoms with Gasteiger partial charge in [-0.05, 0) is 18.4 Å².